The van der Waals surface area contributed by atoms with Gasteiger partial charge in [0.15, 0.2) is 5.13 Å². The van der Waals surface area contributed by atoms with Crippen molar-refractivity contribution in [2.45, 2.75) is 13.3 Å². The molecule has 1 N–H and O–H groups in total. The van der Waals surface area contributed by atoms with Crippen LogP contribution in [0.5, 0.6) is 5.88 Å². The van der Waals surface area contributed by atoms with Gasteiger partial charge in [-0.25, -0.2) is 9.97 Å². The van der Waals surface area contributed by atoms with Crippen LogP contribution in [0.25, 0.3) is 11.3 Å². The van der Waals surface area contributed by atoms with Gasteiger partial charge < -0.3 is 4.74 Å². The van der Waals surface area contributed by atoms with Gasteiger partial charge >= 0.3 is 0 Å². The Morgan fingerprint density at radius 2 is 2.00 bits per heavy atom. The summed E-state index contributed by atoms with van der Waals surface area (Å²) in [7, 11) is 1.53. The molecule has 0 aliphatic heterocycles. The molecule has 3 aromatic rings. The third-order valence-corrected chi connectivity index (χ3v) is 4.35. The van der Waals surface area contributed by atoms with Crippen LogP contribution in [0.2, 0.25) is 0 Å². The fourth-order valence-electron chi connectivity index (χ4n) is 2.18. The van der Waals surface area contributed by atoms with Crippen molar-refractivity contribution in [2.75, 3.05) is 12.4 Å². The first-order valence-electron chi connectivity index (χ1n) is 7.56. The summed E-state index contributed by atoms with van der Waals surface area (Å²) in [4.78, 5) is 20.7. The molecule has 0 unspecified atom stereocenters. The van der Waals surface area contributed by atoms with E-state index in [2.05, 4.69) is 34.3 Å². The zero-order valence-corrected chi connectivity index (χ0v) is 14.3. The van der Waals surface area contributed by atoms with Gasteiger partial charge in [0, 0.05) is 23.2 Å². The van der Waals surface area contributed by atoms with E-state index in [1.807, 2.05) is 17.5 Å². The van der Waals surface area contributed by atoms with Crippen molar-refractivity contribution in [3.63, 3.8) is 0 Å². The summed E-state index contributed by atoms with van der Waals surface area (Å²) in [6, 6.07) is 11.6. The molecule has 1 aromatic carbocycles. The van der Waals surface area contributed by atoms with E-state index in [4.69, 9.17) is 4.74 Å². The molecule has 0 saturated heterocycles. The van der Waals surface area contributed by atoms with Crippen LogP contribution in [-0.2, 0) is 6.42 Å². The van der Waals surface area contributed by atoms with E-state index in [9.17, 15) is 4.79 Å². The van der Waals surface area contributed by atoms with Gasteiger partial charge in [-0.05, 0) is 18.1 Å². The lowest BCUT2D eigenvalue weighted by molar-refractivity contribution is 0.102. The number of methoxy groups -OCH3 is 1. The Morgan fingerprint density at radius 1 is 1.21 bits per heavy atom. The summed E-state index contributed by atoms with van der Waals surface area (Å²) in [6.45, 7) is 2.12. The zero-order valence-electron chi connectivity index (χ0n) is 13.4. The largest absolute Gasteiger partial charge is 0.481 e. The molecule has 1 amide bonds. The molecule has 0 atom stereocenters. The Labute approximate surface area is 144 Å². The maximum absolute atomic E-state index is 12.2. The Balaban J connectivity index is 1.71. The molecule has 0 saturated carbocycles. The van der Waals surface area contributed by atoms with Crippen LogP contribution >= 0.6 is 11.3 Å². The van der Waals surface area contributed by atoms with Crippen molar-refractivity contribution < 1.29 is 9.53 Å². The number of nitrogens with one attached hydrogen (secondary N) is 1. The molecule has 0 aliphatic rings. The number of aryl methyl sites for hydroxylation is 1. The highest BCUT2D eigenvalue weighted by Gasteiger charge is 2.10. The fraction of sp³-hybridized carbons (Fsp3) is 0.167. The summed E-state index contributed by atoms with van der Waals surface area (Å²) in [5.41, 5.74) is 3.63. The summed E-state index contributed by atoms with van der Waals surface area (Å²) < 4.78 is 4.98. The average molecular weight is 339 g/mol. The lowest BCUT2D eigenvalue weighted by Gasteiger charge is -2.03. The monoisotopic (exact) mass is 339 g/mol. The number of carbonyl (C=O) groups excluding carboxylic acids is 1. The van der Waals surface area contributed by atoms with Crippen molar-refractivity contribution in [1.82, 2.24) is 9.97 Å². The minimum Gasteiger partial charge on any atom is -0.481 e. The van der Waals surface area contributed by atoms with Crippen LogP contribution in [0.15, 0.2) is 48.0 Å². The highest BCUT2D eigenvalue weighted by Crippen LogP contribution is 2.25. The van der Waals surface area contributed by atoms with E-state index < -0.39 is 0 Å². The zero-order chi connectivity index (χ0) is 16.9. The third-order valence-electron chi connectivity index (χ3n) is 3.59. The van der Waals surface area contributed by atoms with E-state index in [1.54, 1.807) is 12.1 Å². The first-order chi connectivity index (χ1) is 11.7. The van der Waals surface area contributed by atoms with Gasteiger partial charge in [0.2, 0.25) is 5.88 Å². The van der Waals surface area contributed by atoms with Crippen molar-refractivity contribution in [1.29, 1.82) is 0 Å². The van der Waals surface area contributed by atoms with Crippen LogP contribution in [0.1, 0.15) is 22.8 Å². The lowest BCUT2D eigenvalue weighted by atomic mass is 10.1. The molecule has 5 nitrogen and oxygen atoms in total. The number of rotatable bonds is 5. The van der Waals surface area contributed by atoms with Crippen LogP contribution < -0.4 is 10.1 Å². The Kier molecular flexibility index (Phi) is 4.86. The number of thiazole rings is 1. The molecule has 0 bridgehead atoms. The van der Waals surface area contributed by atoms with Crippen LogP contribution in [-0.4, -0.2) is 23.0 Å². The van der Waals surface area contributed by atoms with Gasteiger partial charge in [0.25, 0.3) is 5.91 Å². The number of pyridine rings is 1. The van der Waals surface area contributed by atoms with Gasteiger partial charge in [-0.2, -0.15) is 0 Å². The molecule has 2 aromatic heterocycles. The number of hydrogen-bond acceptors (Lipinski definition) is 5. The van der Waals surface area contributed by atoms with Gasteiger partial charge in [-0.1, -0.05) is 31.2 Å². The predicted molar refractivity (Wildman–Crippen MR) is 95.7 cm³/mol. The topological polar surface area (TPSA) is 64.1 Å². The Hall–Kier alpha value is -2.73. The van der Waals surface area contributed by atoms with E-state index in [0.29, 0.717) is 16.6 Å². The SMILES string of the molecule is CCc1ccc(-c2csc(NC(=O)c3ccc(OC)nc3)n2)cc1. The summed E-state index contributed by atoms with van der Waals surface area (Å²) >= 11 is 1.40. The number of nitrogens with zero attached hydrogens (tertiary/aromatic N) is 2. The number of benzene rings is 1. The summed E-state index contributed by atoms with van der Waals surface area (Å²) in [5.74, 6) is 0.228. The van der Waals surface area contributed by atoms with Gasteiger partial charge in [-0.15, -0.1) is 11.3 Å². The van der Waals surface area contributed by atoms with Crippen molar-refractivity contribution in [3.8, 4) is 17.1 Å². The lowest BCUT2D eigenvalue weighted by Crippen LogP contribution is -2.12. The third kappa shape index (κ3) is 3.60. The molecule has 6 heteroatoms. The number of aromatic nitrogens is 2. The van der Waals surface area contributed by atoms with Gasteiger partial charge in [0.05, 0.1) is 18.4 Å². The molecule has 0 aliphatic carbocycles. The highest BCUT2D eigenvalue weighted by atomic mass is 32.1. The van der Waals surface area contributed by atoms with Gasteiger partial charge in [0.1, 0.15) is 0 Å². The smallest absolute Gasteiger partial charge is 0.259 e. The number of amides is 1. The standard InChI is InChI=1S/C18H17N3O2S/c1-3-12-4-6-13(7-5-12)15-11-24-18(20-15)21-17(22)14-8-9-16(23-2)19-10-14/h4-11H,3H2,1-2H3,(H,20,21,22). The van der Waals surface area contributed by atoms with E-state index >= 15 is 0 Å². The molecular weight excluding hydrogens is 322 g/mol. The Bertz CT molecular complexity index is 826. The minimum absolute atomic E-state index is 0.243. The average Bonchev–Trinajstić information content (AvgIpc) is 3.10. The normalized spacial score (nSPS) is 10.4. The molecule has 0 fully saturated rings. The second-order valence-electron chi connectivity index (χ2n) is 5.13. The number of hydrogen-bond donors (Lipinski definition) is 1. The summed E-state index contributed by atoms with van der Waals surface area (Å²) in [5, 5.41) is 5.29. The first kappa shape index (κ1) is 16.1. The van der Waals surface area contributed by atoms with Crippen LogP contribution in [0, 0.1) is 0 Å². The molecule has 0 spiro atoms. The maximum atomic E-state index is 12.2. The Morgan fingerprint density at radius 3 is 2.62 bits per heavy atom. The number of carbonyl (C=O) groups is 1. The van der Waals surface area contributed by atoms with Crippen molar-refractivity contribution in [3.05, 3.63) is 59.1 Å². The summed E-state index contributed by atoms with van der Waals surface area (Å²) in [6.07, 6.45) is 2.49. The second-order valence-corrected chi connectivity index (χ2v) is 5.99. The predicted octanol–water partition coefficient (Wildman–Crippen LogP) is 4.03. The van der Waals surface area contributed by atoms with E-state index in [-0.39, 0.29) is 5.91 Å². The molecule has 2 heterocycles. The van der Waals surface area contributed by atoms with E-state index in [1.165, 1.54) is 30.2 Å². The number of ether oxygens (including phenoxy) is 1. The van der Waals surface area contributed by atoms with Crippen molar-refractivity contribution in [2.24, 2.45) is 0 Å². The molecule has 24 heavy (non-hydrogen) atoms. The molecule has 3 rings (SSSR count). The maximum Gasteiger partial charge on any atom is 0.259 e. The number of anilines is 1. The highest BCUT2D eigenvalue weighted by molar-refractivity contribution is 7.14. The molecular formula is C18H17N3O2S. The minimum atomic E-state index is -0.243. The van der Waals surface area contributed by atoms with E-state index in [0.717, 1.165) is 17.7 Å². The second kappa shape index (κ2) is 7.23. The van der Waals surface area contributed by atoms with Crippen molar-refractivity contribution >= 4 is 22.4 Å². The van der Waals surface area contributed by atoms with Gasteiger partial charge in [-0.3, -0.25) is 10.1 Å². The first-order valence-corrected chi connectivity index (χ1v) is 8.44. The van der Waals surface area contributed by atoms with Crippen LogP contribution in [0.3, 0.4) is 0 Å². The quantitative estimate of drug-likeness (QED) is 0.762. The molecule has 122 valence electrons. The molecule has 0 radical (unpaired) electrons. The fourth-order valence-corrected chi connectivity index (χ4v) is 2.89. The van der Waals surface area contributed by atoms with Crippen LogP contribution in [0.4, 0.5) is 5.13 Å².